The van der Waals surface area contributed by atoms with E-state index < -0.39 is 0 Å². The van der Waals surface area contributed by atoms with Crippen LogP contribution in [0.1, 0.15) is 30.1 Å². The SMILES string of the molecule is CCOC(=O)N1CC[NH+](CC(=O)Nc2ccccc2C(=O)NC2CC2)CC1. The molecule has 8 heteroatoms. The zero-order chi connectivity index (χ0) is 19.2. The van der Waals surface area contributed by atoms with Crippen molar-refractivity contribution in [2.45, 2.75) is 25.8 Å². The highest BCUT2D eigenvalue weighted by Gasteiger charge is 2.27. The summed E-state index contributed by atoms with van der Waals surface area (Å²) in [6.45, 7) is 4.97. The number of benzene rings is 1. The van der Waals surface area contributed by atoms with E-state index in [1.807, 2.05) is 0 Å². The molecule has 3 rings (SSSR count). The lowest BCUT2D eigenvalue weighted by Gasteiger charge is -2.31. The highest BCUT2D eigenvalue weighted by atomic mass is 16.6. The Labute approximate surface area is 158 Å². The minimum atomic E-state index is -0.295. The number of hydrogen-bond donors (Lipinski definition) is 3. The summed E-state index contributed by atoms with van der Waals surface area (Å²) in [6, 6.07) is 7.32. The first-order chi connectivity index (χ1) is 13.1. The Balaban J connectivity index is 1.50. The van der Waals surface area contributed by atoms with Gasteiger partial charge in [0.15, 0.2) is 6.54 Å². The van der Waals surface area contributed by atoms with Crippen molar-refractivity contribution < 1.29 is 24.0 Å². The van der Waals surface area contributed by atoms with Gasteiger partial charge < -0.3 is 20.3 Å². The number of nitrogens with one attached hydrogen (secondary N) is 3. The minimum Gasteiger partial charge on any atom is -0.450 e. The van der Waals surface area contributed by atoms with E-state index in [4.69, 9.17) is 4.74 Å². The fourth-order valence-corrected chi connectivity index (χ4v) is 3.10. The Bertz CT molecular complexity index is 697. The zero-order valence-electron chi connectivity index (χ0n) is 15.6. The number of rotatable bonds is 6. The zero-order valence-corrected chi connectivity index (χ0v) is 15.6. The number of nitrogens with zero attached hydrogens (tertiary/aromatic N) is 1. The second kappa shape index (κ2) is 8.85. The number of amides is 3. The minimum absolute atomic E-state index is 0.138. The molecule has 0 aromatic heterocycles. The Kier molecular flexibility index (Phi) is 6.28. The number of quaternary nitrogens is 1. The quantitative estimate of drug-likeness (QED) is 0.646. The average Bonchev–Trinajstić information content (AvgIpc) is 3.47. The molecule has 1 saturated carbocycles. The predicted octanol–water partition coefficient (Wildman–Crippen LogP) is -0.126. The number of carbonyl (C=O) groups is 3. The Morgan fingerprint density at radius 3 is 2.56 bits per heavy atom. The summed E-state index contributed by atoms with van der Waals surface area (Å²) in [4.78, 5) is 39.3. The average molecular weight is 375 g/mol. The van der Waals surface area contributed by atoms with Crippen molar-refractivity contribution in [2.75, 3.05) is 44.6 Å². The van der Waals surface area contributed by atoms with Crippen LogP contribution in [0.2, 0.25) is 0 Å². The number of para-hydroxylation sites is 1. The third kappa shape index (κ3) is 5.43. The number of carbonyl (C=O) groups excluding carboxylic acids is 3. The maximum absolute atomic E-state index is 12.4. The maximum atomic E-state index is 12.4. The lowest BCUT2D eigenvalue weighted by atomic mass is 10.1. The second-order valence-electron chi connectivity index (χ2n) is 6.95. The summed E-state index contributed by atoms with van der Waals surface area (Å²) in [6.07, 6.45) is 1.74. The third-order valence-electron chi connectivity index (χ3n) is 4.77. The van der Waals surface area contributed by atoms with Crippen molar-refractivity contribution in [2.24, 2.45) is 0 Å². The molecule has 2 aliphatic rings. The van der Waals surface area contributed by atoms with Crippen LogP contribution in [-0.2, 0) is 9.53 Å². The van der Waals surface area contributed by atoms with Crippen LogP contribution in [0.25, 0.3) is 0 Å². The molecule has 0 spiro atoms. The highest BCUT2D eigenvalue weighted by molar-refractivity contribution is 6.04. The van der Waals surface area contributed by atoms with Crippen molar-refractivity contribution >= 4 is 23.6 Å². The maximum Gasteiger partial charge on any atom is 0.410 e. The topological polar surface area (TPSA) is 92.2 Å². The summed E-state index contributed by atoms with van der Waals surface area (Å²) >= 11 is 0. The molecule has 2 fully saturated rings. The van der Waals surface area contributed by atoms with E-state index in [-0.39, 0.29) is 23.9 Å². The first-order valence-corrected chi connectivity index (χ1v) is 9.52. The molecule has 1 aliphatic carbocycles. The molecule has 0 atom stereocenters. The van der Waals surface area contributed by atoms with Gasteiger partial charge in [0.2, 0.25) is 0 Å². The molecule has 146 valence electrons. The van der Waals surface area contributed by atoms with Gasteiger partial charge in [0.1, 0.15) is 0 Å². The molecule has 1 aromatic carbocycles. The summed E-state index contributed by atoms with van der Waals surface area (Å²) < 4.78 is 5.00. The molecule has 27 heavy (non-hydrogen) atoms. The third-order valence-corrected chi connectivity index (χ3v) is 4.77. The van der Waals surface area contributed by atoms with Gasteiger partial charge in [-0.05, 0) is 31.9 Å². The normalized spacial score (nSPS) is 17.3. The van der Waals surface area contributed by atoms with Crippen LogP contribution in [0, 0.1) is 0 Å². The standard InChI is InChI=1S/C19H26N4O4/c1-2-27-19(26)23-11-9-22(10-12-23)13-17(24)21-16-6-4-3-5-15(16)18(25)20-14-7-8-14/h3-6,14H,2,7-13H2,1H3,(H,20,25)(H,21,24)/p+1. The van der Waals surface area contributed by atoms with E-state index in [0.717, 1.165) is 17.7 Å². The molecule has 0 radical (unpaired) electrons. The van der Waals surface area contributed by atoms with Crippen LogP contribution < -0.4 is 15.5 Å². The van der Waals surface area contributed by atoms with Crippen LogP contribution in [0.5, 0.6) is 0 Å². The second-order valence-corrected chi connectivity index (χ2v) is 6.95. The summed E-state index contributed by atoms with van der Waals surface area (Å²) in [5, 5.41) is 5.81. The summed E-state index contributed by atoms with van der Waals surface area (Å²) in [7, 11) is 0. The van der Waals surface area contributed by atoms with Gasteiger partial charge in [0.05, 0.1) is 44.0 Å². The lowest BCUT2D eigenvalue weighted by Crippen LogP contribution is -3.15. The van der Waals surface area contributed by atoms with Crippen molar-refractivity contribution in [3.8, 4) is 0 Å². The monoisotopic (exact) mass is 375 g/mol. The fraction of sp³-hybridized carbons (Fsp3) is 0.526. The van der Waals surface area contributed by atoms with Crippen molar-refractivity contribution in [3.05, 3.63) is 29.8 Å². The van der Waals surface area contributed by atoms with Crippen LogP contribution in [0.15, 0.2) is 24.3 Å². The Morgan fingerprint density at radius 1 is 1.19 bits per heavy atom. The number of hydrogen-bond acceptors (Lipinski definition) is 4. The van der Waals surface area contributed by atoms with E-state index in [9.17, 15) is 14.4 Å². The summed E-state index contributed by atoms with van der Waals surface area (Å²) in [5.41, 5.74) is 1.02. The molecule has 3 N–H and O–H groups in total. The molecule has 1 aliphatic heterocycles. The van der Waals surface area contributed by atoms with Crippen molar-refractivity contribution in [1.29, 1.82) is 0 Å². The van der Waals surface area contributed by atoms with E-state index in [2.05, 4.69) is 10.6 Å². The number of piperazine rings is 1. The van der Waals surface area contributed by atoms with Gasteiger partial charge in [-0.25, -0.2) is 4.79 Å². The smallest absolute Gasteiger partial charge is 0.410 e. The largest absolute Gasteiger partial charge is 0.450 e. The van der Waals surface area contributed by atoms with E-state index >= 15 is 0 Å². The molecule has 3 amide bonds. The predicted molar refractivity (Wildman–Crippen MR) is 99.7 cm³/mol. The fourth-order valence-electron chi connectivity index (χ4n) is 3.10. The van der Waals surface area contributed by atoms with Gasteiger partial charge in [-0.3, -0.25) is 14.5 Å². The van der Waals surface area contributed by atoms with Gasteiger partial charge >= 0.3 is 6.09 Å². The van der Waals surface area contributed by atoms with Crippen molar-refractivity contribution in [3.63, 3.8) is 0 Å². The highest BCUT2D eigenvalue weighted by Crippen LogP contribution is 2.21. The molecule has 1 saturated heterocycles. The molecule has 0 unspecified atom stereocenters. The van der Waals surface area contributed by atoms with E-state index in [1.54, 1.807) is 36.1 Å². The lowest BCUT2D eigenvalue weighted by molar-refractivity contribution is -0.895. The Morgan fingerprint density at radius 2 is 1.89 bits per heavy atom. The van der Waals surface area contributed by atoms with Crippen molar-refractivity contribution in [1.82, 2.24) is 10.2 Å². The molecular formula is C19H27N4O4+. The van der Waals surface area contributed by atoms with Gasteiger partial charge in [-0.1, -0.05) is 12.1 Å². The van der Waals surface area contributed by atoms with Gasteiger partial charge in [0, 0.05) is 6.04 Å². The Hall–Kier alpha value is -2.61. The number of ether oxygens (including phenoxy) is 1. The van der Waals surface area contributed by atoms with Crippen LogP contribution in [0.4, 0.5) is 10.5 Å². The molecule has 1 heterocycles. The number of anilines is 1. The molecule has 0 bridgehead atoms. The molecule has 8 nitrogen and oxygen atoms in total. The van der Waals surface area contributed by atoms with Crippen LogP contribution in [0.3, 0.4) is 0 Å². The van der Waals surface area contributed by atoms with Gasteiger partial charge in [-0.15, -0.1) is 0 Å². The van der Waals surface area contributed by atoms with Gasteiger partial charge in [0.25, 0.3) is 11.8 Å². The molecule has 1 aromatic rings. The van der Waals surface area contributed by atoms with Gasteiger partial charge in [-0.2, -0.15) is 0 Å². The first-order valence-electron chi connectivity index (χ1n) is 9.52. The first kappa shape index (κ1) is 19.2. The summed E-state index contributed by atoms with van der Waals surface area (Å²) in [5.74, 6) is -0.287. The molecular weight excluding hydrogens is 348 g/mol. The van der Waals surface area contributed by atoms with Crippen LogP contribution in [-0.4, -0.2) is 68.2 Å². The van der Waals surface area contributed by atoms with Crippen LogP contribution >= 0.6 is 0 Å². The van der Waals surface area contributed by atoms with E-state index in [0.29, 0.717) is 50.6 Å². The van der Waals surface area contributed by atoms with E-state index in [1.165, 1.54) is 0 Å².